The van der Waals surface area contributed by atoms with Crippen LogP contribution in [0.25, 0.3) is 28.3 Å². The molecule has 0 saturated carbocycles. The molecule has 4 aromatic heterocycles. The van der Waals surface area contributed by atoms with Gasteiger partial charge in [0.1, 0.15) is 5.82 Å². The number of hydrogen-bond acceptors (Lipinski definition) is 5. The SMILES string of the molecule is CCCCc1cn(-c2c(C(C)C)ccn2C)c(=O)n1Cc1ccc(-c2ccccc2-c2nnn[nH]2)cn1. The number of hydrogen-bond donors (Lipinski definition) is 1. The second-order valence-electron chi connectivity index (χ2n) is 9.66. The van der Waals surface area contributed by atoms with Gasteiger partial charge < -0.3 is 4.57 Å². The first-order valence-corrected chi connectivity index (χ1v) is 12.7. The first-order chi connectivity index (χ1) is 18.0. The summed E-state index contributed by atoms with van der Waals surface area (Å²) in [5, 5.41) is 14.3. The van der Waals surface area contributed by atoms with Crippen LogP contribution in [0.1, 0.15) is 56.5 Å². The van der Waals surface area contributed by atoms with E-state index in [-0.39, 0.29) is 5.69 Å². The molecule has 9 heteroatoms. The van der Waals surface area contributed by atoms with E-state index >= 15 is 0 Å². The van der Waals surface area contributed by atoms with Gasteiger partial charge in [0, 0.05) is 42.5 Å². The van der Waals surface area contributed by atoms with Crippen molar-refractivity contribution in [2.45, 2.75) is 52.5 Å². The average Bonchev–Trinajstić information content (AvgIpc) is 3.64. The van der Waals surface area contributed by atoms with Gasteiger partial charge in [-0.15, -0.1) is 5.10 Å². The molecule has 0 amide bonds. The van der Waals surface area contributed by atoms with E-state index in [1.165, 1.54) is 0 Å². The third kappa shape index (κ3) is 4.76. The first kappa shape index (κ1) is 24.4. The van der Waals surface area contributed by atoms with Gasteiger partial charge in [0.15, 0.2) is 5.82 Å². The van der Waals surface area contributed by atoms with Crippen LogP contribution in [0, 0.1) is 0 Å². The van der Waals surface area contributed by atoms with Crippen LogP contribution in [0.15, 0.2) is 65.8 Å². The summed E-state index contributed by atoms with van der Waals surface area (Å²) < 4.78 is 5.69. The van der Waals surface area contributed by atoms with Crippen LogP contribution in [0.2, 0.25) is 0 Å². The standard InChI is InChI=1S/C28H32N8O/c1-5-6-9-22-18-36(27-23(19(2)3)14-15-34(27)4)28(37)35(22)17-21-13-12-20(16-29-21)24-10-7-8-11-25(24)26-30-32-33-31-26/h7-8,10-16,18-19H,5-6,9,17H2,1-4H3,(H,30,31,32,33). The molecule has 0 atom stereocenters. The first-order valence-electron chi connectivity index (χ1n) is 12.7. The summed E-state index contributed by atoms with van der Waals surface area (Å²) in [7, 11) is 1.99. The van der Waals surface area contributed by atoms with Crippen LogP contribution in [0.3, 0.4) is 0 Å². The second kappa shape index (κ2) is 10.4. The van der Waals surface area contributed by atoms with Crippen molar-refractivity contribution in [3.63, 3.8) is 0 Å². The third-order valence-electron chi connectivity index (χ3n) is 6.75. The maximum atomic E-state index is 13.7. The number of benzene rings is 1. The maximum absolute atomic E-state index is 13.7. The van der Waals surface area contributed by atoms with E-state index in [9.17, 15) is 4.79 Å². The molecule has 0 saturated heterocycles. The molecule has 0 bridgehead atoms. The molecule has 4 heterocycles. The lowest BCUT2D eigenvalue weighted by molar-refractivity contribution is 0.660. The van der Waals surface area contributed by atoms with Crippen molar-refractivity contribution in [1.82, 2.24) is 39.3 Å². The highest BCUT2D eigenvalue weighted by molar-refractivity contribution is 5.79. The van der Waals surface area contributed by atoms with Crippen molar-refractivity contribution in [2.24, 2.45) is 7.05 Å². The van der Waals surface area contributed by atoms with Crippen molar-refractivity contribution in [2.75, 3.05) is 0 Å². The van der Waals surface area contributed by atoms with Gasteiger partial charge in [-0.1, -0.05) is 57.5 Å². The Labute approximate surface area is 215 Å². The largest absolute Gasteiger partial charge is 0.337 e. The summed E-state index contributed by atoms with van der Waals surface area (Å²) >= 11 is 0. The molecule has 37 heavy (non-hydrogen) atoms. The highest BCUT2D eigenvalue weighted by Gasteiger charge is 2.19. The predicted molar refractivity (Wildman–Crippen MR) is 144 cm³/mol. The molecule has 0 aliphatic carbocycles. The second-order valence-corrected chi connectivity index (χ2v) is 9.66. The number of unbranched alkanes of at least 4 members (excludes halogenated alkanes) is 1. The van der Waals surface area contributed by atoms with Crippen LogP contribution in [-0.2, 0) is 20.0 Å². The Bertz CT molecular complexity index is 1540. The Morgan fingerprint density at radius 2 is 1.86 bits per heavy atom. The number of imidazole rings is 1. The van der Waals surface area contributed by atoms with Gasteiger partial charge in [-0.05, 0) is 52.4 Å². The van der Waals surface area contributed by atoms with E-state index < -0.39 is 0 Å². The lowest BCUT2D eigenvalue weighted by Crippen LogP contribution is -2.26. The van der Waals surface area contributed by atoms with Gasteiger partial charge in [0.2, 0.25) is 0 Å². The Kier molecular flexibility index (Phi) is 6.85. The molecule has 0 spiro atoms. The highest BCUT2D eigenvalue weighted by Crippen LogP contribution is 2.29. The molecule has 9 nitrogen and oxygen atoms in total. The summed E-state index contributed by atoms with van der Waals surface area (Å²) in [4.78, 5) is 18.4. The molecule has 5 aromatic rings. The zero-order valence-corrected chi connectivity index (χ0v) is 21.7. The van der Waals surface area contributed by atoms with Gasteiger partial charge in [0.25, 0.3) is 0 Å². The molecule has 0 aliphatic rings. The Balaban J connectivity index is 1.49. The minimum Gasteiger partial charge on any atom is -0.337 e. The molecule has 1 aromatic carbocycles. The maximum Gasteiger partial charge on any atom is 0.334 e. The smallest absolute Gasteiger partial charge is 0.334 e. The summed E-state index contributed by atoms with van der Waals surface area (Å²) in [6, 6.07) is 14.1. The number of H-pyrrole nitrogens is 1. The van der Waals surface area contributed by atoms with Crippen molar-refractivity contribution in [3.8, 4) is 28.3 Å². The molecule has 0 unspecified atom stereocenters. The Hall–Kier alpha value is -4.27. The molecule has 0 fully saturated rings. The van der Waals surface area contributed by atoms with Crippen molar-refractivity contribution in [1.29, 1.82) is 0 Å². The highest BCUT2D eigenvalue weighted by atomic mass is 16.1. The Morgan fingerprint density at radius 3 is 2.54 bits per heavy atom. The summed E-state index contributed by atoms with van der Waals surface area (Å²) in [5.41, 5.74) is 5.82. The number of aromatic nitrogens is 8. The molecule has 0 aliphatic heterocycles. The van der Waals surface area contributed by atoms with Crippen LogP contribution < -0.4 is 5.69 Å². The van der Waals surface area contributed by atoms with Gasteiger partial charge in [0.05, 0.1) is 12.2 Å². The van der Waals surface area contributed by atoms with Crippen molar-refractivity contribution >= 4 is 0 Å². The minimum absolute atomic E-state index is 0.0381. The number of nitrogens with one attached hydrogen (secondary N) is 1. The molecule has 1 N–H and O–H groups in total. The van der Waals surface area contributed by atoms with E-state index in [0.717, 1.165) is 58.7 Å². The lowest BCUT2D eigenvalue weighted by atomic mass is 10.0. The molecule has 0 radical (unpaired) electrons. The minimum atomic E-state index is -0.0381. The quantitative estimate of drug-likeness (QED) is 0.318. The van der Waals surface area contributed by atoms with E-state index in [4.69, 9.17) is 4.98 Å². The topological polar surface area (TPSA) is 99.2 Å². The molecule has 190 valence electrons. The summed E-state index contributed by atoms with van der Waals surface area (Å²) in [6.45, 7) is 6.89. The van der Waals surface area contributed by atoms with Crippen LogP contribution in [0.4, 0.5) is 0 Å². The number of aromatic amines is 1. The third-order valence-corrected chi connectivity index (χ3v) is 6.75. The normalized spacial score (nSPS) is 11.5. The van der Waals surface area contributed by atoms with E-state index in [1.54, 1.807) is 4.57 Å². The summed E-state index contributed by atoms with van der Waals surface area (Å²) in [5.74, 6) is 1.85. The lowest BCUT2D eigenvalue weighted by Gasteiger charge is -2.10. The Morgan fingerprint density at radius 1 is 1.05 bits per heavy atom. The number of pyridine rings is 1. The fraction of sp³-hybridized carbons (Fsp3) is 0.321. The number of nitrogens with zero attached hydrogens (tertiary/aromatic N) is 7. The zero-order valence-electron chi connectivity index (χ0n) is 21.7. The van der Waals surface area contributed by atoms with Crippen LogP contribution in [0.5, 0.6) is 0 Å². The predicted octanol–water partition coefficient (Wildman–Crippen LogP) is 4.73. The zero-order chi connectivity index (χ0) is 25.9. The van der Waals surface area contributed by atoms with Crippen molar-refractivity contribution in [3.05, 3.63) is 88.5 Å². The average molecular weight is 497 g/mol. The van der Waals surface area contributed by atoms with E-state index in [0.29, 0.717) is 18.3 Å². The molecular formula is C28H32N8O. The van der Waals surface area contributed by atoms with Crippen LogP contribution >= 0.6 is 0 Å². The van der Waals surface area contributed by atoms with Crippen molar-refractivity contribution < 1.29 is 0 Å². The van der Waals surface area contributed by atoms with Gasteiger partial charge in [-0.2, -0.15) is 0 Å². The number of rotatable bonds is 9. The van der Waals surface area contributed by atoms with Gasteiger partial charge >= 0.3 is 5.69 Å². The monoisotopic (exact) mass is 496 g/mol. The number of aryl methyl sites for hydroxylation is 2. The van der Waals surface area contributed by atoms with Crippen LogP contribution in [-0.4, -0.2) is 39.3 Å². The summed E-state index contributed by atoms with van der Waals surface area (Å²) in [6.07, 6.45) is 8.81. The van der Waals surface area contributed by atoms with E-state index in [2.05, 4.69) is 47.5 Å². The van der Waals surface area contributed by atoms with E-state index in [1.807, 2.05) is 71.2 Å². The van der Waals surface area contributed by atoms with Gasteiger partial charge in [-0.25, -0.2) is 9.89 Å². The molecular weight excluding hydrogens is 464 g/mol. The van der Waals surface area contributed by atoms with Gasteiger partial charge in [-0.3, -0.25) is 14.1 Å². The fourth-order valence-corrected chi connectivity index (χ4v) is 4.76. The molecule has 5 rings (SSSR count). The number of tetrazole rings is 1. The fourth-order valence-electron chi connectivity index (χ4n) is 4.76.